The summed E-state index contributed by atoms with van der Waals surface area (Å²) in [5.41, 5.74) is 2.53. The standard InChI is InChI=1S/C24H20F6O.C23H18F6O.C22H16F6O.C21H14F6O/c1-2-3-4-5-15-6-8-16(9-7-15)17-12-21(27)23(22(28)13-17)31-24(29,30)18-10-11-19(25)20(26)14-18;1-2-3-4-14-5-7-15(8-6-14)16-11-20(26)22(21(27)12-16)30-23(28,29)17-9-10-18(24)19(25)13-17;1-2-3-13-4-6-14(7-5-13)15-10-19(25)21(20(26)11-15)29-22(27,28)16-8-9-17(23)18(24)12-16;1-2-12-3-5-13(6-4-12)14-9-18(24)20(19(25)10-14)28-21(26,27)15-7-8-16(22)17(23)11-15/h6-14H,2-5H2,1H3;5-13H,2-4H2,1H3;4-12H,2-3H2,1H3;3-11H,2H2,1H3. The highest BCUT2D eigenvalue weighted by Gasteiger charge is 2.42. The highest BCUT2D eigenvalue weighted by Crippen LogP contribution is 2.43. The Bertz CT molecular complexity index is 5340. The van der Waals surface area contributed by atoms with E-state index in [4.69, 9.17) is 0 Å². The number of unbranched alkanes of at least 4 members (excludes halogenated alkanes) is 3. The van der Waals surface area contributed by atoms with E-state index in [0.717, 1.165) is 135 Å². The van der Waals surface area contributed by atoms with Gasteiger partial charge in [-0.2, -0.15) is 35.1 Å². The summed E-state index contributed by atoms with van der Waals surface area (Å²) < 4.78 is 350. The lowest BCUT2D eigenvalue weighted by Crippen LogP contribution is -2.23. The Morgan fingerprint density at radius 2 is 0.407 bits per heavy atom. The van der Waals surface area contributed by atoms with Crippen LogP contribution in [0.1, 0.15) is 111 Å². The summed E-state index contributed by atoms with van der Waals surface area (Å²) >= 11 is 0. The van der Waals surface area contributed by atoms with E-state index in [9.17, 15) is 105 Å². The summed E-state index contributed by atoms with van der Waals surface area (Å²) in [6.07, 6.45) is -7.46. The van der Waals surface area contributed by atoms with Crippen molar-refractivity contribution in [2.24, 2.45) is 0 Å². The van der Waals surface area contributed by atoms with Crippen molar-refractivity contribution in [3.05, 3.63) is 356 Å². The average Bonchev–Trinajstić information content (AvgIpc) is 0.803. The van der Waals surface area contributed by atoms with Gasteiger partial charge < -0.3 is 18.9 Å². The minimum Gasteiger partial charge on any atom is -0.423 e. The third-order valence-corrected chi connectivity index (χ3v) is 17.9. The number of hydrogen-bond donors (Lipinski definition) is 0. The second kappa shape index (κ2) is 39.4. The molecule has 0 heterocycles. The molecule has 0 unspecified atom stereocenters. The fourth-order valence-electron chi connectivity index (χ4n) is 11.5. The fourth-order valence-corrected chi connectivity index (χ4v) is 11.5. The van der Waals surface area contributed by atoms with E-state index < -0.39 is 163 Å². The molecule has 12 rings (SSSR count). The lowest BCUT2D eigenvalue weighted by Gasteiger charge is -2.19. The molecule has 0 spiro atoms. The topological polar surface area (TPSA) is 36.9 Å². The van der Waals surface area contributed by atoms with E-state index in [1.165, 1.54) is 0 Å². The molecule has 12 aromatic rings. The van der Waals surface area contributed by atoms with Crippen molar-refractivity contribution in [1.29, 1.82) is 0 Å². The third kappa shape index (κ3) is 23.3. The molecule has 0 saturated heterocycles. The summed E-state index contributed by atoms with van der Waals surface area (Å²) in [6.45, 7) is 8.15. The molecular weight excluding hydrogens is 1600 g/mol. The summed E-state index contributed by atoms with van der Waals surface area (Å²) in [7, 11) is 0. The van der Waals surface area contributed by atoms with Crippen LogP contribution in [0.2, 0.25) is 0 Å². The minimum absolute atomic E-state index is 0.140. The van der Waals surface area contributed by atoms with Crippen LogP contribution in [0.3, 0.4) is 0 Å². The van der Waals surface area contributed by atoms with Crippen LogP contribution >= 0.6 is 0 Å². The van der Waals surface area contributed by atoms with Gasteiger partial charge in [0, 0.05) is 0 Å². The first-order valence-corrected chi connectivity index (χ1v) is 36.3. The number of alkyl halides is 8. The molecule has 0 radical (unpaired) electrons. The molecule has 0 N–H and O–H groups in total. The number of benzene rings is 12. The van der Waals surface area contributed by atoms with E-state index in [-0.39, 0.29) is 46.5 Å². The summed E-state index contributed by atoms with van der Waals surface area (Å²) in [5.74, 6) is -27.5. The van der Waals surface area contributed by atoms with Crippen molar-refractivity contribution in [2.45, 2.75) is 116 Å². The molecular formula is C90H68F24O4. The molecule has 118 heavy (non-hydrogen) atoms. The molecule has 0 saturated carbocycles. The molecule has 0 amide bonds. The van der Waals surface area contributed by atoms with E-state index in [1.807, 2.05) is 50.2 Å². The molecule has 0 fully saturated rings. The first kappa shape index (κ1) is 90.1. The van der Waals surface area contributed by atoms with Gasteiger partial charge in [0.25, 0.3) is 0 Å². The van der Waals surface area contributed by atoms with Gasteiger partial charge in [0.15, 0.2) is 116 Å². The van der Waals surface area contributed by atoms with Crippen molar-refractivity contribution in [2.75, 3.05) is 0 Å². The van der Waals surface area contributed by atoms with Crippen LogP contribution in [0.25, 0.3) is 44.5 Å². The van der Waals surface area contributed by atoms with Crippen molar-refractivity contribution in [3.63, 3.8) is 0 Å². The van der Waals surface area contributed by atoms with E-state index in [0.29, 0.717) is 70.8 Å². The van der Waals surface area contributed by atoms with Crippen molar-refractivity contribution < 1.29 is 124 Å². The van der Waals surface area contributed by atoms with Crippen molar-refractivity contribution in [3.8, 4) is 67.5 Å². The maximum Gasteiger partial charge on any atom is 0.427 e. The Balaban J connectivity index is 0.000000179. The van der Waals surface area contributed by atoms with Crippen molar-refractivity contribution >= 4 is 0 Å². The largest absolute Gasteiger partial charge is 0.427 e. The smallest absolute Gasteiger partial charge is 0.423 e. The Kier molecular flexibility index (Phi) is 30.1. The first-order chi connectivity index (χ1) is 55.8. The van der Waals surface area contributed by atoms with Crippen LogP contribution < -0.4 is 18.9 Å². The van der Waals surface area contributed by atoms with Gasteiger partial charge in [-0.1, -0.05) is 150 Å². The van der Waals surface area contributed by atoms with Crippen LogP contribution in [0.15, 0.2) is 218 Å². The lowest BCUT2D eigenvalue weighted by atomic mass is 10.0. The Labute approximate surface area is 661 Å². The molecule has 0 aliphatic rings. The van der Waals surface area contributed by atoms with Gasteiger partial charge in [0.05, 0.1) is 22.3 Å². The molecule has 0 bridgehead atoms. The van der Waals surface area contributed by atoms with Crippen LogP contribution in [0.4, 0.5) is 105 Å². The molecule has 620 valence electrons. The summed E-state index contributed by atoms with van der Waals surface area (Å²) in [6, 6.07) is 40.0. The summed E-state index contributed by atoms with van der Waals surface area (Å²) in [4.78, 5) is 0. The number of ether oxygens (including phenoxy) is 4. The van der Waals surface area contributed by atoms with Gasteiger partial charge in [-0.15, -0.1) is 0 Å². The van der Waals surface area contributed by atoms with Crippen LogP contribution in [-0.4, -0.2) is 0 Å². The highest BCUT2D eigenvalue weighted by molar-refractivity contribution is 5.68. The molecule has 0 aliphatic heterocycles. The SMILES string of the molecule is CCCCCc1ccc(-c2cc(F)c(OC(F)(F)c3ccc(F)c(F)c3)c(F)c2)cc1.CCCCc1ccc(-c2cc(F)c(OC(F)(F)c3ccc(F)c(F)c3)c(F)c2)cc1.CCCc1ccc(-c2cc(F)c(OC(F)(F)c3ccc(F)c(F)c3)c(F)c2)cc1.CCc1ccc(-c2cc(F)c(OC(F)(F)c3ccc(F)c(F)c3)c(F)c2)cc1. The van der Waals surface area contributed by atoms with Crippen LogP contribution in [-0.2, 0) is 50.1 Å². The molecule has 0 aromatic heterocycles. The minimum atomic E-state index is -4.28. The van der Waals surface area contributed by atoms with Crippen LogP contribution in [0, 0.1) is 93.1 Å². The number of rotatable bonds is 26. The van der Waals surface area contributed by atoms with E-state index in [2.05, 4.69) is 32.8 Å². The second-order valence-electron chi connectivity index (χ2n) is 26.5. The van der Waals surface area contributed by atoms with Gasteiger partial charge in [-0.05, 0) is 227 Å². The predicted octanol–water partition coefficient (Wildman–Crippen LogP) is 28.7. The molecule has 0 atom stereocenters. The average molecular weight is 1670 g/mol. The monoisotopic (exact) mass is 1670 g/mol. The van der Waals surface area contributed by atoms with Gasteiger partial charge in [-0.25, -0.2) is 70.2 Å². The maximum atomic E-state index is 14.4. The molecule has 4 nitrogen and oxygen atoms in total. The van der Waals surface area contributed by atoms with Gasteiger partial charge >= 0.3 is 24.4 Å². The third-order valence-electron chi connectivity index (χ3n) is 17.9. The number of hydrogen-bond acceptors (Lipinski definition) is 4. The highest BCUT2D eigenvalue weighted by atomic mass is 19.3. The first-order valence-electron chi connectivity index (χ1n) is 36.3. The Morgan fingerprint density at radius 1 is 0.195 bits per heavy atom. The Morgan fingerprint density at radius 3 is 0.610 bits per heavy atom. The zero-order valence-electron chi connectivity index (χ0n) is 62.6. The van der Waals surface area contributed by atoms with Crippen LogP contribution in [0.5, 0.6) is 23.0 Å². The van der Waals surface area contributed by atoms with Crippen molar-refractivity contribution in [1.82, 2.24) is 0 Å². The van der Waals surface area contributed by atoms with E-state index >= 15 is 0 Å². The molecule has 28 heteroatoms. The normalized spacial score (nSPS) is 11.6. The molecule has 12 aromatic carbocycles. The molecule has 0 aliphatic carbocycles. The maximum absolute atomic E-state index is 14.4. The lowest BCUT2D eigenvalue weighted by molar-refractivity contribution is -0.189. The second-order valence-corrected chi connectivity index (χ2v) is 26.5. The fraction of sp³-hybridized carbons (Fsp3) is 0.200. The Hall–Kier alpha value is -11.8. The zero-order valence-corrected chi connectivity index (χ0v) is 62.6. The van der Waals surface area contributed by atoms with E-state index in [1.54, 1.807) is 60.7 Å². The summed E-state index contributed by atoms with van der Waals surface area (Å²) in [5, 5.41) is 0. The van der Waals surface area contributed by atoms with Gasteiger partial charge in [-0.3, -0.25) is 0 Å². The quantitative estimate of drug-likeness (QED) is 0.0400. The zero-order chi connectivity index (χ0) is 86.1. The van der Waals surface area contributed by atoms with Gasteiger partial charge in [0.2, 0.25) is 0 Å². The number of halogens is 24. The number of aryl methyl sites for hydroxylation is 4. The predicted molar refractivity (Wildman–Crippen MR) is 396 cm³/mol. The van der Waals surface area contributed by atoms with Gasteiger partial charge in [0.1, 0.15) is 0 Å².